The van der Waals surface area contributed by atoms with E-state index in [1.807, 2.05) is 6.92 Å². The summed E-state index contributed by atoms with van der Waals surface area (Å²) in [7, 11) is 1.80. The van der Waals surface area contributed by atoms with Crippen molar-refractivity contribution in [1.29, 1.82) is 0 Å². The van der Waals surface area contributed by atoms with Crippen molar-refractivity contribution in [3.63, 3.8) is 0 Å². The third kappa shape index (κ3) is 4.58. The van der Waals surface area contributed by atoms with Gasteiger partial charge in [0.25, 0.3) is 0 Å². The fraction of sp³-hybridized carbons (Fsp3) is 0.368. The molecule has 1 aliphatic heterocycles. The minimum atomic E-state index is -0.451. The quantitative estimate of drug-likeness (QED) is 0.529. The number of benzene rings is 1. The summed E-state index contributed by atoms with van der Waals surface area (Å²) in [5.41, 5.74) is 1.65. The van der Waals surface area contributed by atoms with Crippen molar-refractivity contribution in [2.45, 2.75) is 31.5 Å². The Kier molecular flexibility index (Phi) is 6.53. The van der Waals surface area contributed by atoms with Gasteiger partial charge in [-0.15, -0.1) is 10.2 Å². The molecule has 0 spiro atoms. The summed E-state index contributed by atoms with van der Waals surface area (Å²) < 4.78 is 20.1. The van der Waals surface area contributed by atoms with Crippen molar-refractivity contribution in [3.05, 3.63) is 41.4 Å². The van der Waals surface area contributed by atoms with Crippen LogP contribution in [0.1, 0.15) is 20.3 Å². The molecule has 0 saturated heterocycles. The van der Waals surface area contributed by atoms with Gasteiger partial charge < -0.3 is 19.9 Å². The summed E-state index contributed by atoms with van der Waals surface area (Å²) in [6.45, 7) is 3.87. The predicted octanol–water partition coefficient (Wildman–Crippen LogP) is 2.62. The molecule has 8 nitrogen and oxygen atoms in total. The monoisotopic (exact) mass is 419 g/mol. The van der Waals surface area contributed by atoms with E-state index in [1.54, 1.807) is 30.7 Å². The van der Waals surface area contributed by atoms with Crippen molar-refractivity contribution >= 4 is 23.8 Å². The van der Waals surface area contributed by atoms with Crippen LogP contribution in [-0.4, -0.2) is 45.2 Å². The maximum absolute atomic E-state index is 13.2. The van der Waals surface area contributed by atoms with Crippen LogP contribution in [-0.2, 0) is 16.6 Å². The number of ether oxygens (including phenoxy) is 1. The van der Waals surface area contributed by atoms with Crippen LogP contribution in [0.4, 0.5) is 9.18 Å². The molecule has 0 saturated carbocycles. The van der Waals surface area contributed by atoms with Gasteiger partial charge in [0.1, 0.15) is 5.82 Å². The van der Waals surface area contributed by atoms with E-state index in [-0.39, 0.29) is 18.5 Å². The molecule has 2 aromatic rings. The number of amides is 2. The molecule has 0 aliphatic carbocycles. The Hall–Kier alpha value is -2.88. The Morgan fingerprint density at radius 1 is 1.28 bits per heavy atom. The highest BCUT2D eigenvalue weighted by Crippen LogP contribution is 2.26. The largest absolute Gasteiger partial charge is 0.463 e. The predicted molar refractivity (Wildman–Crippen MR) is 107 cm³/mol. The zero-order valence-electron chi connectivity index (χ0n) is 16.4. The molecule has 0 radical (unpaired) electrons. The summed E-state index contributed by atoms with van der Waals surface area (Å²) in [6, 6.07) is 5.23. The number of esters is 1. The number of nitrogens with zero attached hydrogens (tertiary/aromatic N) is 3. The maximum atomic E-state index is 13.2. The number of rotatable bonds is 7. The number of nitrogens with one attached hydrogen (secondary N) is 2. The summed E-state index contributed by atoms with van der Waals surface area (Å²) in [5.74, 6) is 0.129. The standard InChI is InChI=1S/C19H22FN5O3S/c1-4-13-15(17(26)28-5-2)14(22-18(27)21-13)10-29-19-24-23-16(25(19)3)11-6-8-12(20)9-7-11/h6-9,13H,4-5,10H2,1-3H3,(H2,21,22,27). The highest BCUT2D eigenvalue weighted by atomic mass is 32.2. The third-order valence-electron chi connectivity index (χ3n) is 4.43. The van der Waals surface area contributed by atoms with Crippen LogP contribution in [0.5, 0.6) is 0 Å². The lowest BCUT2D eigenvalue weighted by Crippen LogP contribution is -2.50. The zero-order chi connectivity index (χ0) is 21.0. The number of halogens is 1. The van der Waals surface area contributed by atoms with Gasteiger partial charge in [-0.1, -0.05) is 18.7 Å². The number of aromatic nitrogens is 3. The summed E-state index contributed by atoms with van der Waals surface area (Å²) >= 11 is 1.33. The van der Waals surface area contributed by atoms with Crippen molar-refractivity contribution in [3.8, 4) is 11.4 Å². The lowest BCUT2D eigenvalue weighted by atomic mass is 10.0. The number of hydrogen-bond acceptors (Lipinski definition) is 6. The van der Waals surface area contributed by atoms with Gasteiger partial charge in [0.2, 0.25) is 0 Å². The lowest BCUT2D eigenvalue weighted by Gasteiger charge is -2.28. The van der Waals surface area contributed by atoms with Crippen molar-refractivity contribution in [2.24, 2.45) is 7.05 Å². The summed E-state index contributed by atoms with van der Waals surface area (Å²) in [5, 5.41) is 14.4. The van der Waals surface area contributed by atoms with E-state index in [0.717, 1.165) is 5.56 Å². The molecule has 3 rings (SSSR count). The van der Waals surface area contributed by atoms with Crippen molar-refractivity contribution < 1.29 is 18.7 Å². The van der Waals surface area contributed by atoms with Crippen LogP contribution in [0.3, 0.4) is 0 Å². The molecule has 1 aromatic heterocycles. The van der Waals surface area contributed by atoms with E-state index in [2.05, 4.69) is 20.8 Å². The molecule has 1 unspecified atom stereocenters. The van der Waals surface area contributed by atoms with Gasteiger partial charge in [0, 0.05) is 24.1 Å². The average Bonchev–Trinajstić information content (AvgIpc) is 3.07. The zero-order valence-corrected chi connectivity index (χ0v) is 17.2. The van der Waals surface area contributed by atoms with Crippen LogP contribution >= 0.6 is 11.8 Å². The van der Waals surface area contributed by atoms with Gasteiger partial charge in [0.05, 0.1) is 18.2 Å². The molecule has 2 amide bonds. The van der Waals surface area contributed by atoms with Crippen LogP contribution in [0.2, 0.25) is 0 Å². The minimum absolute atomic E-state index is 0.247. The van der Waals surface area contributed by atoms with E-state index in [1.165, 1.54) is 23.9 Å². The average molecular weight is 419 g/mol. The van der Waals surface area contributed by atoms with Gasteiger partial charge in [-0.05, 0) is 37.6 Å². The fourth-order valence-electron chi connectivity index (χ4n) is 3.00. The van der Waals surface area contributed by atoms with E-state index >= 15 is 0 Å². The molecule has 29 heavy (non-hydrogen) atoms. The van der Waals surface area contributed by atoms with E-state index in [0.29, 0.717) is 34.4 Å². The van der Waals surface area contributed by atoms with Gasteiger partial charge >= 0.3 is 12.0 Å². The highest BCUT2D eigenvalue weighted by Gasteiger charge is 2.31. The molecular weight excluding hydrogens is 397 g/mol. The van der Waals surface area contributed by atoms with Gasteiger partial charge in [-0.25, -0.2) is 14.0 Å². The van der Waals surface area contributed by atoms with E-state index in [9.17, 15) is 14.0 Å². The number of carbonyl (C=O) groups excluding carboxylic acids is 2. The second-order valence-electron chi connectivity index (χ2n) is 6.33. The molecule has 2 N–H and O–H groups in total. The molecule has 1 aliphatic rings. The van der Waals surface area contributed by atoms with Crippen LogP contribution < -0.4 is 10.6 Å². The Morgan fingerprint density at radius 2 is 2.00 bits per heavy atom. The highest BCUT2D eigenvalue weighted by molar-refractivity contribution is 7.99. The molecule has 1 aromatic carbocycles. The van der Waals surface area contributed by atoms with Gasteiger partial charge in [-0.2, -0.15) is 0 Å². The summed E-state index contributed by atoms with van der Waals surface area (Å²) in [4.78, 5) is 24.4. The second kappa shape index (κ2) is 9.08. The second-order valence-corrected chi connectivity index (χ2v) is 7.28. The van der Waals surface area contributed by atoms with Crippen LogP contribution in [0, 0.1) is 5.82 Å². The molecule has 0 bridgehead atoms. The SMILES string of the molecule is CCOC(=O)C1=C(CSc2nnc(-c3ccc(F)cc3)n2C)NC(=O)NC1CC. The lowest BCUT2D eigenvalue weighted by molar-refractivity contribution is -0.139. The molecule has 10 heteroatoms. The fourth-order valence-corrected chi connectivity index (χ4v) is 3.88. The first kappa shape index (κ1) is 20.8. The first-order chi connectivity index (χ1) is 13.9. The Balaban J connectivity index is 1.84. The molecule has 1 atom stereocenters. The molecule has 2 heterocycles. The van der Waals surface area contributed by atoms with Crippen molar-refractivity contribution in [1.82, 2.24) is 25.4 Å². The van der Waals surface area contributed by atoms with E-state index in [4.69, 9.17) is 4.74 Å². The summed E-state index contributed by atoms with van der Waals surface area (Å²) in [6.07, 6.45) is 0.564. The first-order valence-corrected chi connectivity index (χ1v) is 10.2. The number of hydrogen-bond donors (Lipinski definition) is 2. The van der Waals surface area contributed by atoms with Crippen molar-refractivity contribution in [2.75, 3.05) is 12.4 Å². The smallest absolute Gasteiger partial charge is 0.337 e. The Labute approximate surface area is 171 Å². The van der Waals surface area contributed by atoms with Gasteiger partial charge in [0.15, 0.2) is 11.0 Å². The van der Waals surface area contributed by atoms with Crippen LogP contribution in [0.25, 0.3) is 11.4 Å². The molecule has 0 fully saturated rings. The maximum Gasteiger partial charge on any atom is 0.337 e. The van der Waals surface area contributed by atoms with Gasteiger partial charge in [-0.3, -0.25) is 0 Å². The number of urea groups is 1. The Morgan fingerprint density at radius 3 is 2.66 bits per heavy atom. The van der Waals surface area contributed by atoms with Crippen LogP contribution in [0.15, 0.2) is 40.7 Å². The minimum Gasteiger partial charge on any atom is -0.463 e. The first-order valence-electron chi connectivity index (χ1n) is 9.20. The number of carbonyl (C=O) groups is 2. The normalized spacial score (nSPS) is 16.4. The third-order valence-corrected chi connectivity index (χ3v) is 5.48. The van der Waals surface area contributed by atoms with E-state index < -0.39 is 12.0 Å². The Bertz CT molecular complexity index is 942. The number of thioether (sulfide) groups is 1. The molecular formula is C19H22FN5O3S. The topological polar surface area (TPSA) is 98.1 Å². The molecule has 154 valence electrons.